The number of nitrogens with zero attached hydrogens (tertiary/aromatic N) is 5. The minimum atomic E-state index is 0.176. The van der Waals surface area contributed by atoms with Crippen LogP contribution in [-0.2, 0) is 9.53 Å². The molecular formula is C18H27N5O2S. The molecule has 0 aromatic carbocycles. The summed E-state index contributed by atoms with van der Waals surface area (Å²) in [4.78, 5) is 28.2. The van der Waals surface area contributed by atoms with Gasteiger partial charge in [0.15, 0.2) is 0 Å². The van der Waals surface area contributed by atoms with Crippen molar-refractivity contribution in [3.63, 3.8) is 0 Å². The van der Waals surface area contributed by atoms with E-state index >= 15 is 0 Å². The Balaban J connectivity index is 1.35. The molecular weight excluding hydrogens is 350 g/mol. The van der Waals surface area contributed by atoms with Crippen molar-refractivity contribution in [2.75, 3.05) is 73.8 Å². The fourth-order valence-corrected chi connectivity index (χ4v) is 4.78. The topological polar surface area (TPSA) is 61.8 Å². The van der Waals surface area contributed by atoms with E-state index in [0.29, 0.717) is 5.91 Å². The Hall–Kier alpha value is -1.54. The Morgan fingerprint density at radius 3 is 2.23 bits per heavy atom. The van der Waals surface area contributed by atoms with Gasteiger partial charge in [-0.25, -0.2) is 9.97 Å². The van der Waals surface area contributed by atoms with Crippen LogP contribution in [0.2, 0.25) is 0 Å². The van der Waals surface area contributed by atoms with Gasteiger partial charge in [0, 0.05) is 62.8 Å². The third-order valence-electron chi connectivity index (χ3n) is 5.46. The molecule has 3 aliphatic rings. The van der Waals surface area contributed by atoms with E-state index < -0.39 is 0 Å². The van der Waals surface area contributed by atoms with Crippen LogP contribution < -0.4 is 9.80 Å². The lowest BCUT2D eigenvalue weighted by atomic mass is 9.95. The van der Waals surface area contributed by atoms with Crippen molar-refractivity contribution in [1.29, 1.82) is 0 Å². The van der Waals surface area contributed by atoms with Crippen molar-refractivity contribution >= 4 is 29.3 Å². The van der Waals surface area contributed by atoms with E-state index in [4.69, 9.17) is 4.74 Å². The Morgan fingerprint density at radius 1 is 0.962 bits per heavy atom. The quantitative estimate of drug-likeness (QED) is 0.782. The maximum absolute atomic E-state index is 12.7. The first-order valence-corrected chi connectivity index (χ1v) is 10.7. The third kappa shape index (κ3) is 4.06. The fraction of sp³-hybridized carbons (Fsp3) is 0.722. The van der Waals surface area contributed by atoms with Gasteiger partial charge in [0.25, 0.3) is 0 Å². The number of aromatic nitrogens is 2. The summed E-state index contributed by atoms with van der Waals surface area (Å²) in [6, 6.07) is 2.08. The predicted octanol–water partition coefficient (Wildman–Crippen LogP) is 1.10. The summed E-state index contributed by atoms with van der Waals surface area (Å²) in [5.41, 5.74) is 0. The number of carbonyl (C=O) groups is 1. The van der Waals surface area contributed by atoms with Gasteiger partial charge in [-0.05, 0) is 12.8 Å². The van der Waals surface area contributed by atoms with Crippen molar-refractivity contribution in [3.8, 4) is 0 Å². The SMILES string of the molecule is O=C(C1CCN(c2cc(N3CCOCC3)ncn2)CC1)N1CCSCC1. The lowest BCUT2D eigenvalue weighted by Gasteiger charge is -2.36. The highest BCUT2D eigenvalue weighted by molar-refractivity contribution is 7.99. The van der Waals surface area contributed by atoms with E-state index in [9.17, 15) is 4.79 Å². The van der Waals surface area contributed by atoms with Gasteiger partial charge in [0.05, 0.1) is 13.2 Å². The summed E-state index contributed by atoms with van der Waals surface area (Å²) in [6.07, 6.45) is 3.49. The van der Waals surface area contributed by atoms with E-state index in [1.165, 1.54) is 0 Å². The van der Waals surface area contributed by atoms with Gasteiger partial charge in [-0.3, -0.25) is 4.79 Å². The van der Waals surface area contributed by atoms with Crippen LogP contribution in [0.4, 0.5) is 11.6 Å². The zero-order chi connectivity index (χ0) is 17.8. The van der Waals surface area contributed by atoms with E-state index in [0.717, 1.165) is 88.5 Å². The standard InChI is InChI=1S/C18H27N5O2S/c24-18(23-7-11-26-12-8-23)15-1-3-21(4-2-15)16-13-17(20-14-19-16)22-5-9-25-10-6-22/h13-15H,1-12H2. The zero-order valence-electron chi connectivity index (χ0n) is 15.2. The molecule has 0 bridgehead atoms. The van der Waals surface area contributed by atoms with E-state index in [-0.39, 0.29) is 5.92 Å². The van der Waals surface area contributed by atoms with Crippen LogP contribution in [0.15, 0.2) is 12.4 Å². The van der Waals surface area contributed by atoms with Crippen molar-refractivity contribution in [3.05, 3.63) is 12.4 Å². The van der Waals surface area contributed by atoms with Gasteiger partial charge >= 0.3 is 0 Å². The first-order chi connectivity index (χ1) is 12.8. The maximum Gasteiger partial charge on any atom is 0.225 e. The average Bonchev–Trinajstić information content (AvgIpc) is 2.75. The Kier molecular flexibility index (Phi) is 5.79. The molecule has 0 radical (unpaired) electrons. The number of anilines is 2. The second kappa shape index (κ2) is 8.43. The van der Waals surface area contributed by atoms with Crippen molar-refractivity contribution in [2.24, 2.45) is 5.92 Å². The minimum Gasteiger partial charge on any atom is -0.378 e. The van der Waals surface area contributed by atoms with Gasteiger partial charge in [-0.15, -0.1) is 0 Å². The molecule has 1 aromatic rings. The molecule has 3 saturated heterocycles. The highest BCUT2D eigenvalue weighted by Gasteiger charge is 2.30. The lowest BCUT2D eigenvalue weighted by Crippen LogP contribution is -2.45. The molecule has 4 rings (SSSR count). The smallest absolute Gasteiger partial charge is 0.225 e. The molecule has 0 N–H and O–H groups in total. The number of hydrogen-bond donors (Lipinski definition) is 0. The fourth-order valence-electron chi connectivity index (χ4n) is 3.87. The first kappa shape index (κ1) is 17.9. The molecule has 0 spiro atoms. The maximum atomic E-state index is 12.7. The summed E-state index contributed by atoms with van der Waals surface area (Å²) in [5, 5.41) is 0. The van der Waals surface area contributed by atoms with Crippen molar-refractivity contribution in [1.82, 2.24) is 14.9 Å². The molecule has 1 aromatic heterocycles. The van der Waals surface area contributed by atoms with Crippen LogP contribution in [0.5, 0.6) is 0 Å². The van der Waals surface area contributed by atoms with Gasteiger partial charge in [0.2, 0.25) is 5.91 Å². The molecule has 0 atom stereocenters. The van der Waals surface area contributed by atoms with Crippen LogP contribution in [0, 0.1) is 5.92 Å². The molecule has 7 nitrogen and oxygen atoms in total. The second-order valence-corrected chi connectivity index (χ2v) is 8.26. The molecule has 1 amide bonds. The average molecular weight is 378 g/mol. The van der Waals surface area contributed by atoms with Gasteiger partial charge in [0.1, 0.15) is 18.0 Å². The normalized spacial score (nSPS) is 22.5. The Bertz CT molecular complexity index is 611. The van der Waals surface area contributed by atoms with Crippen LogP contribution in [0.25, 0.3) is 0 Å². The van der Waals surface area contributed by atoms with Gasteiger partial charge < -0.3 is 19.4 Å². The molecule has 0 unspecified atom stereocenters. The van der Waals surface area contributed by atoms with Gasteiger partial charge in [-0.1, -0.05) is 0 Å². The largest absolute Gasteiger partial charge is 0.378 e. The number of hydrogen-bond acceptors (Lipinski definition) is 7. The monoisotopic (exact) mass is 377 g/mol. The molecule has 3 fully saturated rings. The highest BCUT2D eigenvalue weighted by Crippen LogP contribution is 2.26. The molecule has 142 valence electrons. The number of amides is 1. The highest BCUT2D eigenvalue weighted by atomic mass is 32.2. The van der Waals surface area contributed by atoms with E-state index in [2.05, 4.69) is 30.7 Å². The molecule has 3 aliphatic heterocycles. The molecule has 4 heterocycles. The van der Waals surface area contributed by atoms with Crippen LogP contribution >= 0.6 is 11.8 Å². The molecule has 0 saturated carbocycles. The number of morpholine rings is 1. The number of thioether (sulfide) groups is 1. The number of ether oxygens (including phenoxy) is 1. The summed E-state index contributed by atoms with van der Waals surface area (Å²) in [7, 11) is 0. The van der Waals surface area contributed by atoms with Crippen LogP contribution in [-0.4, -0.2) is 84.8 Å². The van der Waals surface area contributed by atoms with E-state index in [1.54, 1.807) is 6.33 Å². The Labute approximate surface area is 159 Å². The molecule has 26 heavy (non-hydrogen) atoms. The van der Waals surface area contributed by atoms with Crippen molar-refractivity contribution in [2.45, 2.75) is 12.8 Å². The predicted molar refractivity (Wildman–Crippen MR) is 104 cm³/mol. The summed E-state index contributed by atoms with van der Waals surface area (Å²) in [5.74, 6) is 4.65. The van der Waals surface area contributed by atoms with Crippen LogP contribution in [0.3, 0.4) is 0 Å². The number of piperidine rings is 1. The van der Waals surface area contributed by atoms with Gasteiger partial charge in [-0.2, -0.15) is 11.8 Å². The third-order valence-corrected chi connectivity index (χ3v) is 6.41. The van der Waals surface area contributed by atoms with Crippen molar-refractivity contribution < 1.29 is 9.53 Å². The van der Waals surface area contributed by atoms with Crippen LogP contribution in [0.1, 0.15) is 12.8 Å². The lowest BCUT2D eigenvalue weighted by molar-refractivity contribution is -0.135. The first-order valence-electron chi connectivity index (χ1n) is 9.57. The van der Waals surface area contributed by atoms with E-state index in [1.807, 2.05) is 11.8 Å². The molecule has 8 heteroatoms. The summed E-state index contributed by atoms with van der Waals surface area (Å²) >= 11 is 1.95. The molecule has 0 aliphatic carbocycles. The minimum absolute atomic E-state index is 0.176. The summed E-state index contributed by atoms with van der Waals surface area (Å²) in [6.45, 7) is 6.86. The number of rotatable bonds is 3. The zero-order valence-corrected chi connectivity index (χ0v) is 16.0. The number of carbonyl (C=O) groups excluding carboxylic acids is 1. The Morgan fingerprint density at radius 2 is 1.58 bits per heavy atom. The summed E-state index contributed by atoms with van der Waals surface area (Å²) < 4.78 is 5.42. The second-order valence-electron chi connectivity index (χ2n) is 7.03.